The highest BCUT2D eigenvalue weighted by molar-refractivity contribution is 7.80. The number of benzene rings is 2. The van der Waals surface area contributed by atoms with Gasteiger partial charge in [0.25, 0.3) is 0 Å². The van der Waals surface area contributed by atoms with E-state index in [2.05, 4.69) is 23.3 Å². The summed E-state index contributed by atoms with van der Waals surface area (Å²) in [5, 5.41) is 5.72. The molecule has 1 saturated carbocycles. The van der Waals surface area contributed by atoms with Crippen LogP contribution in [0.15, 0.2) is 48.5 Å². The first-order valence-corrected chi connectivity index (χ1v) is 13.4. The van der Waals surface area contributed by atoms with E-state index in [-0.39, 0.29) is 23.6 Å². The quantitative estimate of drug-likeness (QED) is 0.408. The number of nitrogens with one attached hydrogen (secondary N) is 2. The zero-order valence-electron chi connectivity index (χ0n) is 22.4. The second kappa shape index (κ2) is 12.5. The molecule has 7 nitrogen and oxygen atoms in total. The van der Waals surface area contributed by atoms with Gasteiger partial charge in [0.15, 0.2) is 0 Å². The molecule has 0 aromatic heterocycles. The highest BCUT2D eigenvalue weighted by Gasteiger charge is 2.42. The number of carbonyl (C=O) groups excluding carboxylic acids is 3. The van der Waals surface area contributed by atoms with Crippen molar-refractivity contribution in [2.45, 2.75) is 84.2 Å². The molecule has 2 aromatic rings. The van der Waals surface area contributed by atoms with Crippen LogP contribution in [0.3, 0.4) is 0 Å². The predicted octanol–water partition coefficient (Wildman–Crippen LogP) is 4.87. The van der Waals surface area contributed by atoms with Gasteiger partial charge < -0.3 is 20.3 Å². The molecule has 0 spiro atoms. The molecule has 1 fully saturated rings. The van der Waals surface area contributed by atoms with Gasteiger partial charge in [-0.05, 0) is 70.6 Å². The lowest BCUT2D eigenvalue weighted by atomic mass is 9.87. The predicted molar refractivity (Wildman–Crippen MR) is 148 cm³/mol. The summed E-state index contributed by atoms with van der Waals surface area (Å²) >= 11 is 4.36. The number of alkyl carbamates (subject to hydrolysis) is 1. The summed E-state index contributed by atoms with van der Waals surface area (Å²) in [4.78, 5) is 42.0. The van der Waals surface area contributed by atoms with Gasteiger partial charge in [0.05, 0.1) is 0 Å². The number of nitrogens with zero attached hydrogens (tertiary/aromatic N) is 1. The lowest BCUT2D eigenvalue weighted by molar-refractivity contribution is -0.147. The Labute approximate surface area is 225 Å². The first kappa shape index (κ1) is 28.6. The fourth-order valence-electron chi connectivity index (χ4n) is 4.43. The van der Waals surface area contributed by atoms with Crippen molar-refractivity contribution in [2.75, 3.05) is 5.75 Å². The summed E-state index contributed by atoms with van der Waals surface area (Å²) in [6.07, 6.45) is 1.88. The molecule has 8 heteroatoms. The zero-order valence-corrected chi connectivity index (χ0v) is 23.3. The van der Waals surface area contributed by atoms with Crippen LogP contribution in [0.5, 0.6) is 0 Å². The number of rotatable bonds is 9. The number of carbonyl (C=O) groups is 3. The standard InChI is InChI=1S/C29H39N3O4S/c1-19-14-15-23(20(2)16-19)25(26(33)30-17-21-10-7-6-8-11-21)32(22-12-9-13-22)27(34)24(18-37)31-28(35)36-29(3,4)5/h6-8,10-11,14-16,22,24-25,37H,9,12-13,17-18H2,1-5H3,(H,30,33)(H,31,35). The van der Waals surface area contributed by atoms with Gasteiger partial charge in [-0.15, -0.1) is 0 Å². The molecule has 2 aromatic carbocycles. The molecule has 0 bridgehead atoms. The van der Waals surface area contributed by atoms with Gasteiger partial charge in [0.2, 0.25) is 11.8 Å². The molecule has 200 valence electrons. The molecular weight excluding hydrogens is 486 g/mol. The number of thiol groups is 1. The molecule has 0 heterocycles. The van der Waals surface area contributed by atoms with Crippen molar-refractivity contribution in [3.05, 3.63) is 70.8 Å². The van der Waals surface area contributed by atoms with Crippen LogP contribution in [0.25, 0.3) is 0 Å². The second-order valence-electron chi connectivity index (χ2n) is 10.7. The van der Waals surface area contributed by atoms with E-state index in [0.717, 1.165) is 41.5 Å². The third kappa shape index (κ3) is 7.74. The molecule has 1 aliphatic rings. The van der Waals surface area contributed by atoms with Gasteiger partial charge in [0, 0.05) is 18.3 Å². The van der Waals surface area contributed by atoms with E-state index in [1.54, 1.807) is 25.7 Å². The Bertz CT molecular complexity index is 1100. The fourth-order valence-corrected chi connectivity index (χ4v) is 4.68. The highest BCUT2D eigenvalue weighted by Crippen LogP contribution is 2.35. The minimum absolute atomic E-state index is 0.0759. The third-order valence-corrected chi connectivity index (χ3v) is 6.82. The van der Waals surface area contributed by atoms with Crippen LogP contribution in [0, 0.1) is 13.8 Å². The summed E-state index contributed by atoms with van der Waals surface area (Å²) in [5.41, 5.74) is 3.04. The normalized spacial score (nSPS) is 15.2. The Morgan fingerprint density at radius 3 is 2.30 bits per heavy atom. The van der Waals surface area contributed by atoms with Crippen molar-refractivity contribution >= 4 is 30.5 Å². The largest absolute Gasteiger partial charge is 0.444 e. The average molecular weight is 526 g/mol. The molecule has 1 aliphatic carbocycles. The number of hydrogen-bond donors (Lipinski definition) is 3. The Balaban J connectivity index is 1.95. The SMILES string of the molecule is Cc1ccc(C(C(=O)NCc2ccccc2)N(C(=O)C(CS)NC(=O)OC(C)(C)C)C2CCC2)c(C)c1. The molecule has 2 N–H and O–H groups in total. The monoisotopic (exact) mass is 525 g/mol. The maximum Gasteiger partial charge on any atom is 0.408 e. The smallest absolute Gasteiger partial charge is 0.408 e. The Kier molecular flexibility index (Phi) is 9.65. The van der Waals surface area contributed by atoms with Gasteiger partial charge in [-0.2, -0.15) is 12.6 Å². The zero-order chi connectivity index (χ0) is 27.2. The maximum absolute atomic E-state index is 14.0. The first-order valence-electron chi connectivity index (χ1n) is 12.8. The molecule has 37 heavy (non-hydrogen) atoms. The summed E-state index contributed by atoms with van der Waals surface area (Å²) in [6.45, 7) is 9.59. The van der Waals surface area contributed by atoms with Crippen LogP contribution in [0.2, 0.25) is 0 Å². The second-order valence-corrected chi connectivity index (χ2v) is 11.0. The van der Waals surface area contributed by atoms with E-state index in [1.165, 1.54) is 0 Å². The lowest BCUT2D eigenvalue weighted by Crippen LogP contribution is -2.58. The molecule has 0 radical (unpaired) electrons. The highest BCUT2D eigenvalue weighted by atomic mass is 32.1. The van der Waals surface area contributed by atoms with Gasteiger partial charge in [-0.25, -0.2) is 4.79 Å². The summed E-state index contributed by atoms with van der Waals surface area (Å²) in [5.74, 6) is -0.524. The molecular formula is C29H39N3O4S. The fraction of sp³-hybridized carbons (Fsp3) is 0.483. The Morgan fingerprint density at radius 1 is 1.08 bits per heavy atom. The molecule has 0 saturated heterocycles. The number of ether oxygens (including phenoxy) is 1. The van der Waals surface area contributed by atoms with Crippen molar-refractivity contribution in [1.29, 1.82) is 0 Å². The van der Waals surface area contributed by atoms with Gasteiger partial charge in [0.1, 0.15) is 17.7 Å². The molecule has 0 aliphatic heterocycles. The summed E-state index contributed by atoms with van der Waals surface area (Å²) < 4.78 is 5.38. The third-order valence-electron chi connectivity index (χ3n) is 6.45. The molecule has 2 unspecified atom stereocenters. The lowest BCUT2D eigenvalue weighted by Gasteiger charge is -2.43. The average Bonchev–Trinajstić information content (AvgIpc) is 2.80. The van der Waals surface area contributed by atoms with E-state index in [4.69, 9.17) is 4.74 Å². The van der Waals surface area contributed by atoms with Crippen molar-refractivity contribution in [2.24, 2.45) is 0 Å². The summed E-state index contributed by atoms with van der Waals surface area (Å²) in [7, 11) is 0. The van der Waals surface area contributed by atoms with Gasteiger partial charge in [-0.1, -0.05) is 54.1 Å². The number of hydrogen-bond acceptors (Lipinski definition) is 5. The number of aryl methyl sites for hydroxylation is 2. The Hall–Kier alpha value is -3.00. The van der Waals surface area contributed by atoms with Crippen molar-refractivity contribution < 1.29 is 19.1 Å². The van der Waals surface area contributed by atoms with E-state index in [0.29, 0.717) is 6.54 Å². The topological polar surface area (TPSA) is 87.7 Å². The van der Waals surface area contributed by atoms with E-state index >= 15 is 0 Å². The minimum atomic E-state index is -0.936. The van der Waals surface area contributed by atoms with E-state index < -0.39 is 23.8 Å². The van der Waals surface area contributed by atoms with Crippen LogP contribution in [-0.4, -0.2) is 46.2 Å². The summed E-state index contributed by atoms with van der Waals surface area (Å²) in [6, 6.07) is 13.7. The van der Waals surface area contributed by atoms with Crippen LogP contribution >= 0.6 is 12.6 Å². The van der Waals surface area contributed by atoms with E-state index in [1.807, 2.05) is 62.4 Å². The first-order chi connectivity index (χ1) is 17.5. The van der Waals surface area contributed by atoms with Gasteiger partial charge in [-0.3, -0.25) is 9.59 Å². The van der Waals surface area contributed by atoms with Gasteiger partial charge >= 0.3 is 6.09 Å². The Morgan fingerprint density at radius 2 is 1.76 bits per heavy atom. The maximum atomic E-state index is 14.0. The van der Waals surface area contributed by atoms with Crippen molar-refractivity contribution in [3.8, 4) is 0 Å². The van der Waals surface area contributed by atoms with Crippen molar-refractivity contribution in [3.63, 3.8) is 0 Å². The van der Waals surface area contributed by atoms with Crippen LogP contribution < -0.4 is 10.6 Å². The van der Waals surface area contributed by atoms with Crippen LogP contribution in [0.1, 0.15) is 68.3 Å². The van der Waals surface area contributed by atoms with Crippen LogP contribution in [0.4, 0.5) is 4.79 Å². The number of amides is 3. The molecule has 2 atom stereocenters. The minimum Gasteiger partial charge on any atom is -0.444 e. The molecule has 3 amide bonds. The van der Waals surface area contributed by atoms with Crippen LogP contribution in [-0.2, 0) is 20.9 Å². The van der Waals surface area contributed by atoms with Crippen molar-refractivity contribution in [1.82, 2.24) is 15.5 Å². The molecule has 3 rings (SSSR count). The van der Waals surface area contributed by atoms with E-state index in [9.17, 15) is 14.4 Å².